The molecule has 0 unspecified atom stereocenters. The lowest BCUT2D eigenvalue weighted by Crippen LogP contribution is -2.62. The van der Waals surface area contributed by atoms with Gasteiger partial charge in [-0.05, 0) is 63.3 Å². The van der Waals surface area contributed by atoms with Gasteiger partial charge in [-0.25, -0.2) is 10.1 Å². The fourth-order valence-corrected chi connectivity index (χ4v) is 5.36. The molecule has 8 heteroatoms. The van der Waals surface area contributed by atoms with Crippen LogP contribution >= 0.6 is 0 Å². The second-order valence-electron chi connectivity index (χ2n) is 10.4. The molecule has 2 aromatic heterocycles. The highest BCUT2D eigenvalue weighted by Crippen LogP contribution is 2.39. The Hall–Kier alpha value is -3.26. The van der Waals surface area contributed by atoms with E-state index in [1.807, 2.05) is 24.4 Å². The highest BCUT2D eigenvalue weighted by Gasteiger charge is 2.40. The van der Waals surface area contributed by atoms with Gasteiger partial charge in [0.05, 0.1) is 11.8 Å². The van der Waals surface area contributed by atoms with E-state index in [4.69, 9.17) is 14.7 Å². The molecule has 4 heterocycles. The van der Waals surface area contributed by atoms with Crippen molar-refractivity contribution in [3.63, 3.8) is 0 Å². The van der Waals surface area contributed by atoms with Crippen LogP contribution in [0, 0.1) is 0 Å². The first-order valence-corrected chi connectivity index (χ1v) is 11.3. The average molecular weight is 447 g/mol. The monoisotopic (exact) mass is 446 g/mol. The van der Waals surface area contributed by atoms with Crippen molar-refractivity contribution in [3.05, 3.63) is 52.6 Å². The van der Waals surface area contributed by atoms with Gasteiger partial charge in [0.25, 0.3) is 5.56 Å². The molecule has 2 aliphatic heterocycles. The zero-order valence-electron chi connectivity index (χ0n) is 19.8. The van der Waals surface area contributed by atoms with Crippen LogP contribution < -0.4 is 20.5 Å². The van der Waals surface area contributed by atoms with E-state index >= 15 is 0 Å². The number of nitrogens with one attached hydrogen (secondary N) is 2. The van der Waals surface area contributed by atoms with Crippen LogP contribution in [0.15, 0.2) is 41.5 Å². The molecule has 0 bridgehead atoms. The number of nitrogens with zero attached hydrogens (tertiary/aromatic N) is 4. The van der Waals surface area contributed by atoms with Crippen molar-refractivity contribution in [2.75, 3.05) is 11.9 Å². The molecule has 2 N–H and O–H groups in total. The molecule has 0 saturated carbocycles. The van der Waals surface area contributed by atoms with Crippen LogP contribution in [0.5, 0.6) is 5.88 Å². The lowest BCUT2D eigenvalue weighted by Gasteiger charge is -2.48. The van der Waals surface area contributed by atoms with Gasteiger partial charge in [-0.3, -0.25) is 4.79 Å². The first-order valence-electron chi connectivity index (χ1n) is 11.3. The molecular weight excluding hydrogens is 416 g/mol. The summed E-state index contributed by atoms with van der Waals surface area (Å²) >= 11 is 0. The van der Waals surface area contributed by atoms with Crippen molar-refractivity contribution in [2.24, 2.45) is 0 Å². The van der Waals surface area contributed by atoms with Crippen LogP contribution in [0.3, 0.4) is 0 Å². The number of H-pyrrole nitrogens is 1. The summed E-state index contributed by atoms with van der Waals surface area (Å²) in [4.78, 5) is 23.3. The van der Waals surface area contributed by atoms with Crippen LogP contribution in [0.4, 0.5) is 5.95 Å². The third kappa shape index (κ3) is 4.23. The van der Waals surface area contributed by atoms with Crippen LogP contribution in [0.2, 0.25) is 0 Å². The highest BCUT2D eigenvalue weighted by atomic mass is 16.5. The number of hydrogen-bond acceptors (Lipinski definition) is 7. The van der Waals surface area contributed by atoms with Gasteiger partial charge < -0.3 is 15.0 Å². The van der Waals surface area contributed by atoms with E-state index in [0.29, 0.717) is 24.5 Å². The zero-order chi connectivity index (χ0) is 23.4. The zero-order valence-corrected chi connectivity index (χ0v) is 19.8. The van der Waals surface area contributed by atoms with Crippen molar-refractivity contribution in [3.8, 4) is 28.1 Å². The Labute approximate surface area is 193 Å². The van der Waals surface area contributed by atoms with E-state index in [9.17, 15) is 4.79 Å². The molecule has 1 saturated heterocycles. The Bertz CT molecular complexity index is 1250. The molecule has 5 rings (SSSR count). The van der Waals surface area contributed by atoms with Crippen LogP contribution in [-0.2, 0) is 6.61 Å². The second-order valence-corrected chi connectivity index (χ2v) is 10.4. The van der Waals surface area contributed by atoms with Gasteiger partial charge in [-0.1, -0.05) is 12.1 Å². The number of anilines is 1. The normalized spacial score (nSPS) is 18.7. The number of aromatic amines is 1. The van der Waals surface area contributed by atoms with Gasteiger partial charge >= 0.3 is 0 Å². The maximum atomic E-state index is 11.6. The van der Waals surface area contributed by atoms with Crippen molar-refractivity contribution < 1.29 is 4.74 Å². The second kappa shape index (κ2) is 7.66. The number of ether oxygens (including phenoxy) is 1. The molecule has 1 aromatic carbocycles. The number of hydrogen-bond donors (Lipinski definition) is 2. The minimum absolute atomic E-state index is 0.0428. The lowest BCUT2D eigenvalue weighted by molar-refractivity contribution is 0.160. The topological polar surface area (TPSA) is 96.0 Å². The van der Waals surface area contributed by atoms with Crippen LogP contribution in [0.1, 0.15) is 46.1 Å². The fraction of sp³-hybridized carbons (Fsp3) is 0.440. The number of rotatable bonds is 3. The molecule has 33 heavy (non-hydrogen) atoms. The molecule has 172 valence electrons. The molecular formula is C25H30N6O2. The van der Waals surface area contributed by atoms with Gasteiger partial charge in [-0.2, -0.15) is 10.1 Å². The first kappa shape index (κ1) is 21.6. The van der Waals surface area contributed by atoms with E-state index in [0.717, 1.165) is 40.7 Å². The first-order chi connectivity index (χ1) is 15.6. The lowest BCUT2D eigenvalue weighted by atomic mass is 9.79. The van der Waals surface area contributed by atoms with Crippen LogP contribution in [0.25, 0.3) is 22.3 Å². The fourth-order valence-electron chi connectivity index (χ4n) is 5.36. The maximum Gasteiger partial charge on any atom is 0.264 e. The summed E-state index contributed by atoms with van der Waals surface area (Å²) < 4.78 is 6.05. The Morgan fingerprint density at radius 1 is 1.03 bits per heavy atom. The van der Waals surface area contributed by atoms with E-state index in [1.54, 1.807) is 12.3 Å². The molecule has 0 amide bonds. The number of aromatic nitrogens is 4. The molecule has 3 aromatic rings. The summed E-state index contributed by atoms with van der Waals surface area (Å²) in [6, 6.07) is 7.94. The largest absolute Gasteiger partial charge is 0.472 e. The third-order valence-electron chi connectivity index (χ3n) is 6.53. The quantitative estimate of drug-likeness (QED) is 0.635. The van der Waals surface area contributed by atoms with E-state index in [1.165, 1.54) is 0 Å². The summed E-state index contributed by atoms with van der Waals surface area (Å²) in [7, 11) is 2.07. The minimum atomic E-state index is -0.225. The molecule has 8 nitrogen and oxygen atoms in total. The third-order valence-corrected chi connectivity index (χ3v) is 6.53. The van der Waals surface area contributed by atoms with Gasteiger partial charge in [-0.15, -0.1) is 0 Å². The molecule has 1 fully saturated rings. The van der Waals surface area contributed by atoms with E-state index in [-0.39, 0.29) is 16.6 Å². The molecule has 0 spiro atoms. The smallest absolute Gasteiger partial charge is 0.264 e. The Morgan fingerprint density at radius 3 is 2.52 bits per heavy atom. The summed E-state index contributed by atoms with van der Waals surface area (Å²) in [5, 5.41) is 10.0. The summed E-state index contributed by atoms with van der Waals surface area (Å²) in [6.07, 6.45) is 5.53. The van der Waals surface area contributed by atoms with Crippen molar-refractivity contribution in [1.29, 1.82) is 0 Å². The van der Waals surface area contributed by atoms with Gasteiger partial charge in [0.15, 0.2) is 0 Å². The summed E-state index contributed by atoms with van der Waals surface area (Å²) in [6.45, 7) is 9.41. The van der Waals surface area contributed by atoms with E-state index in [2.05, 4.69) is 55.2 Å². The Kier molecular flexibility index (Phi) is 5.01. The Balaban J connectivity index is 1.43. The van der Waals surface area contributed by atoms with Gasteiger partial charge in [0, 0.05) is 42.0 Å². The van der Waals surface area contributed by atoms with Crippen molar-refractivity contribution in [2.45, 2.75) is 64.3 Å². The highest BCUT2D eigenvalue weighted by molar-refractivity contribution is 5.77. The number of piperidine rings is 1. The van der Waals surface area contributed by atoms with Crippen LogP contribution in [-0.4, -0.2) is 44.3 Å². The SMILES string of the molecule is CN(c1ncc2c(n1)OCc1cc(-c3cn[nH]c(=O)c3)ccc1-2)C1CC(C)(C)NC(C)(C)C1. The maximum absolute atomic E-state index is 11.6. The number of fused-ring (bicyclic) bond motifs is 3. The van der Waals surface area contributed by atoms with Crippen molar-refractivity contribution in [1.82, 2.24) is 25.5 Å². The molecule has 0 atom stereocenters. The van der Waals surface area contributed by atoms with Gasteiger partial charge in [0.2, 0.25) is 11.8 Å². The predicted molar refractivity (Wildman–Crippen MR) is 128 cm³/mol. The predicted octanol–water partition coefficient (Wildman–Crippen LogP) is 3.53. The molecule has 0 aliphatic carbocycles. The minimum Gasteiger partial charge on any atom is -0.472 e. The Morgan fingerprint density at radius 2 is 1.79 bits per heavy atom. The van der Waals surface area contributed by atoms with Gasteiger partial charge in [0.1, 0.15) is 6.61 Å². The summed E-state index contributed by atoms with van der Waals surface area (Å²) in [5.41, 5.74) is 4.53. The average Bonchev–Trinajstić information content (AvgIpc) is 2.75. The van der Waals surface area contributed by atoms with Crippen molar-refractivity contribution >= 4 is 5.95 Å². The molecule has 0 radical (unpaired) electrons. The number of benzene rings is 1. The summed E-state index contributed by atoms with van der Waals surface area (Å²) in [5.74, 6) is 1.29. The molecule has 2 aliphatic rings. The standard InChI is InChI=1S/C25H30N6O2/c1-24(2)10-18(11-25(3,4)30-24)31(5)23-26-13-20-19-7-6-15(16-9-21(32)29-27-12-16)8-17(19)14-33-22(20)28-23/h6-9,12-13,18,30H,10-11,14H2,1-5H3,(H,29,32). The van der Waals surface area contributed by atoms with E-state index < -0.39 is 0 Å².